The van der Waals surface area contributed by atoms with Gasteiger partial charge in [0, 0.05) is 44.1 Å². The number of hydrogen-bond acceptors (Lipinski definition) is 3. The standard InChI is InChI=1S/C16H24N4/c1-4-15(17)9-14-7-5-6-8-16(14)19(2)11-13-10-18-20(3)12-13/h5-8,10,12,15H,4,9,11,17H2,1-3H3. The van der Waals surface area contributed by atoms with Gasteiger partial charge in [-0.25, -0.2) is 0 Å². The molecule has 0 aliphatic carbocycles. The van der Waals surface area contributed by atoms with E-state index in [0.717, 1.165) is 19.4 Å². The number of para-hydroxylation sites is 1. The average Bonchev–Trinajstić information content (AvgIpc) is 2.84. The van der Waals surface area contributed by atoms with E-state index in [1.54, 1.807) is 0 Å². The Morgan fingerprint density at radius 2 is 2.10 bits per heavy atom. The van der Waals surface area contributed by atoms with Crippen LogP contribution in [-0.4, -0.2) is 22.9 Å². The monoisotopic (exact) mass is 272 g/mol. The average molecular weight is 272 g/mol. The van der Waals surface area contributed by atoms with E-state index in [0.29, 0.717) is 0 Å². The summed E-state index contributed by atoms with van der Waals surface area (Å²) in [5.41, 5.74) is 9.87. The van der Waals surface area contributed by atoms with Crippen LogP contribution in [0.4, 0.5) is 5.69 Å². The molecule has 20 heavy (non-hydrogen) atoms. The zero-order chi connectivity index (χ0) is 14.5. The summed E-state index contributed by atoms with van der Waals surface area (Å²) in [5, 5.41) is 4.22. The van der Waals surface area contributed by atoms with Crippen molar-refractivity contribution in [1.82, 2.24) is 9.78 Å². The number of nitrogens with two attached hydrogens (primary N) is 1. The largest absolute Gasteiger partial charge is 0.370 e. The van der Waals surface area contributed by atoms with E-state index in [-0.39, 0.29) is 6.04 Å². The second-order valence-electron chi connectivity index (χ2n) is 5.38. The minimum absolute atomic E-state index is 0.225. The van der Waals surface area contributed by atoms with Crippen LogP contribution in [0, 0.1) is 0 Å². The van der Waals surface area contributed by atoms with Crippen LogP contribution in [0.5, 0.6) is 0 Å². The van der Waals surface area contributed by atoms with E-state index < -0.39 is 0 Å². The van der Waals surface area contributed by atoms with Crippen molar-refractivity contribution >= 4 is 5.69 Å². The molecule has 0 radical (unpaired) electrons. The first-order valence-electron chi connectivity index (χ1n) is 7.12. The number of rotatable bonds is 6. The van der Waals surface area contributed by atoms with Crippen molar-refractivity contribution < 1.29 is 0 Å². The normalized spacial score (nSPS) is 12.4. The predicted molar refractivity (Wildman–Crippen MR) is 83.7 cm³/mol. The maximum Gasteiger partial charge on any atom is 0.0539 e. The fraction of sp³-hybridized carbons (Fsp3) is 0.438. The van der Waals surface area contributed by atoms with Crippen molar-refractivity contribution in [1.29, 1.82) is 0 Å². The maximum absolute atomic E-state index is 6.10. The van der Waals surface area contributed by atoms with Crippen LogP contribution < -0.4 is 10.6 Å². The van der Waals surface area contributed by atoms with Gasteiger partial charge in [-0.1, -0.05) is 25.1 Å². The lowest BCUT2D eigenvalue weighted by Crippen LogP contribution is -2.24. The van der Waals surface area contributed by atoms with Crippen molar-refractivity contribution in [2.45, 2.75) is 32.4 Å². The highest BCUT2D eigenvalue weighted by molar-refractivity contribution is 5.53. The highest BCUT2D eigenvalue weighted by Crippen LogP contribution is 2.22. The third-order valence-corrected chi connectivity index (χ3v) is 3.59. The van der Waals surface area contributed by atoms with Gasteiger partial charge >= 0.3 is 0 Å². The van der Waals surface area contributed by atoms with E-state index in [9.17, 15) is 0 Å². The van der Waals surface area contributed by atoms with Gasteiger partial charge in [0.1, 0.15) is 0 Å². The van der Waals surface area contributed by atoms with Crippen molar-refractivity contribution in [3.05, 3.63) is 47.8 Å². The molecule has 2 rings (SSSR count). The first kappa shape index (κ1) is 14.6. The fourth-order valence-corrected chi connectivity index (χ4v) is 2.40. The summed E-state index contributed by atoms with van der Waals surface area (Å²) in [4.78, 5) is 2.26. The number of benzene rings is 1. The molecule has 0 bridgehead atoms. The maximum atomic E-state index is 6.10. The third kappa shape index (κ3) is 3.61. The topological polar surface area (TPSA) is 47.1 Å². The summed E-state index contributed by atoms with van der Waals surface area (Å²) in [6.45, 7) is 2.98. The van der Waals surface area contributed by atoms with E-state index >= 15 is 0 Å². The Morgan fingerprint density at radius 3 is 2.75 bits per heavy atom. The zero-order valence-corrected chi connectivity index (χ0v) is 12.6. The molecule has 1 atom stereocenters. The number of anilines is 1. The second-order valence-corrected chi connectivity index (χ2v) is 5.38. The lowest BCUT2D eigenvalue weighted by molar-refractivity contribution is 0.645. The molecule has 0 saturated heterocycles. The Bertz CT molecular complexity index is 547. The first-order valence-corrected chi connectivity index (χ1v) is 7.12. The van der Waals surface area contributed by atoms with Gasteiger partial charge in [0.15, 0.2) is 0 Å². The molecule has 4 nitrogen and oxygen atoms in total. The van der Waals surface area contributed by atoms with E-state index in [1.807, 2.05) is 17.9 Å². The molecule has 0 spiro atoms. The number of aryl methyl sites for hydroxylation is 1. The Hall–Kier alpha value is -1.81. The highest BCUT2D eigenvalue weighted by atomic mass is 15.2. The molecule has 0 amide bonds. The zero-order valence-electron chi connectivity index (χ0n) is 12.6. The van der Waals surface area contributed by atoms with Gasteiger partial charge in [-0.3, -0.25) is 4.68 Å². The molecule has 0 aliphatic heterocycles. The van der Waals surface area contributed by atoms with Gasteiger partial charge in [-0.2, -0.15) is 5.10 Å². The third-order valence-electron chi connectivity index (χ3n) is 3.59. The van der Waals surface area contributed by atoms with E-state index in [4.69, 9.17) is 5.73 Å². The second kappa shape index (κ2) is 6.57. The van der Waals surface area contributed by atoms with Crippen LogP contribution in [0.2, 0.25) is 0 Å². The van der Waals surface area contributed by atoms with Crippen molar-refractivity contribution in [3.8, 4) is 0 Å². The van der Waals surface area contributed by atoms with Crippen LogP contribution in [-0.2, 0) is 20.0 Å². The number of nitrogens with zero attached hydrogens (tertiary/aromatic N) is 3. The molecule has 1 unspecified atom stereocenters. The van der Waals surface area contributed by atoms with Crippen LogP contribution in [0.3, 0.4) is 0 Å². The molecular formula is C16H24N4. The van der Waals surface area contributed by atoms with Crippen molar-refractivity contribution in [2.24, 2.45) is 12.8 Å². The SMILES string of the molecule is CCC(N)Cc1ccccc1N(C)Cc1cnn(C)c1. The van der Waals surface area contributed by atoms with Crippen LogP contribution in [0.15, 0.2) is 36.7 Å². The fourth-order valence-electron chi connectivity index (χ4n) is 2.40. The molecule has 4 heteroatoms. The molecule has 0 saturated carbocycles. The van der Waals surface area contributed by atoms with Gasteiger partial charge in [-0.15, -0.1) is 0 Å². The van der Waals surface area contributed by atoms with Gasteiger partial charge in [0.25, 0.3) is 0 Å². The summed E-state index contributed by atoms with van der Waals surface area (Å²) in [6.07, 6.45) is 5.89. The molecule has 1 heterocycles. The number of hydrogen-bond donors (Lipinski definition) is 1. The molecule has 0 fully saturated rings. The van der Waals surface area contributed by atoms with E-state index in [2.05, 4.69) is 54.4 Å². The Morgan fingerprint density at radius 1 is 1.35 bits per heavy atom. The Balaban J connectivity index is 2.14. The summed E-state index contributed by atoms with van der Waals surface area (Å²) < 4.78 is 1.84. The molecule has 108 valence electrons. The Kier molecular flexibility index (Phi) is 4.79. The lowest BCUT2D eigenvalue weighted by atomic mass is 10.0. The van der Waals surface area contributed by atoms with Crippen LogP contribution in [0.1, 0.15) is 24.5 Å². The molecule has 1 aromatic heterocycles. The van der Waals surface area contributed by atoms with Crippen molar-refractivity contribution in [2.75, 3.05) is 11.9 Å². The quantitative estimate of drug-likeness (QED) is 0.878. The predicted octanol–water partition coefficient (Wildman–Crippen LogP) is 2.34. The van der Waals surface area contributed by atoms with Crippen LogP contribution >= 0.6 is 0 Å². The van der Waals surface area contributed by atoms with Gasteiger partial charge in [0.05, 0.1) is 6.20 Å². The van der Waals surface area contributed by atoms with Gasteiger partial charge in [-0.05, 0) is 24.5 Å². The minimum Gasteiger partial charge on any atom is -0.370 e. The van der Waals surface area contributed by atoms with Gasteiger partial charge < -0.3 is 10.6 Å². The molecular weight excluding hydrogens is 248 g/mol. The van der Waals surface area contributed by atoms with Crippen molar-refractivity contribution in [3.63, 3.8) is 0 Å². The smallest absolute Gasteiger partial charge is 0.0539 e. The Labute approximate surface area is 121 Å². The lowest BCUT2D eigenvalue weighted by Gasteiger charge is -2.23. The molecule has 2 aromatic rings. The highest BCUT2D eigenvalue weighted by Gasteiger charge is 2.10. The minimum atomic E-state index is 0.225. The molecule has 1 aromatic carbocycles. The van der Waals surface area contributed by atoms with Crippen LogP contribution in [0.25, 0.3) is 0 Å². The summed E-state index contributed by atoms with van der Waals surface area (Å²) >= 11 is 0. The van der Waals surface area contributed by atoms with E-state index in [1.165, 1.54) is 16.8 Å². The number of aromatic nitrogens is 2. The summed E-state index contributed by atoms with van der Waals surface area (Å²) in [7, 11) is 4.06. The molecule has 2 N–H and O–H groups in total. The first-order chi connectivity index (χ1) is 9.60. The summed E-state index contributed by atoms with van der Waals surface area (Å²) in [6, 6.07) is 8.72. The summed E-state index contributed by atoms with van der Waals surface area (Å²) in [5.74, 6) is 0. The molecule has 0 aliphatic rings. The van der Waals surface area contributed by atoms with Gasteiger partial charge in [0.2, 0.25) is 0 Å².